The third-order valence-electron chi connectivity index (χ3n) is 3.57. The molecule has 0 aliphatic carbocycles. The summed E-state index contributed by atoms with van der Waals surface area (Å²) in [4.78, 5) is 24.0. The summed E-state index contributed by atoms with van der Waals surface area (Å²) in [5.74, 6) is -0.187. The first-order valence-electron chi connectivity index (χ1n) is 7.91. The smallest absolute Gasteiger partial charge is 0.338 e. The number of benzene rings is 3. The van der Waals surface area contributed by atoms with Crippen molar-refractivity contribution in [1.29, 1.82) is 0 Å². The Kier molecular flexibility index (Phi) is 5.39. The number of carbonyl (C=O) groups is 2. The van der Waals surface area contributed by atoms with Gasteiger partial charge in [-0.3, -0.25) is 4.79 Å². The van der Waals surface area contributed by atoms with E-state index in [0.29, 0.717) is 17.1 Å². The van der Waals surface area contributed by atoms with Gasteiger partial charge < -0.3 is 9.47 Å². The van der Waals surface area contributed by atoms with Crippen molar-refractivity contribution < 1.29 is 23.5 Å². The van der Waals surface area contributed by atoms with Crippen LogP contribution in [0.2, 0.25) is 0 Å². The van der Waals surface area contributed by atoms with Crippen molar-refractivity contribution in [2.45, 2.75) is 0 Å². The molecule has 0 saturated heterocycles. The molecule has 0 amide bonds. The molecule has 0 bridgehead atoms. The van der Waals surface area contributed by atoms with E-state index in [0.717, 1.165) is 0 Å². The minimum atomic E-state index is -0.619. The van der Waals surface area contributed by atoms with E-state index in [1.165, 1.54) is 24.3 Å². The summed E-state index contributed by atoms with van der Waals surface area (Å²) < 4.78 is 23.5. The molecule has 4 nitrogen and oxygen atoms in total. The monoisotopic (exact) mass is 350 g/mol. The lowest BCUT2D eigenvalue weighted by Gasteiger charge is -2.07. The van der Waals surface area contributed by atoms with Gasteiger partial charge in [0, 0.05) is 5.56 Å². The number of ether oxygens (including phenoxy) is 2. The maximum absolute atomic E-state index is 12.8. The van der Waals surface area contributed by atoms with Crippen LogP contribution in [0.1, 0.15) is 20.7 Å². The highest BCUT2D eigenvalue weighted by Crippen LogP contribution is 2.21. The summed E-state index contributed by atoms with van der Waals surface area (Å²) in [6, 6.07) is 20.7. The highest BCUT2D eigenvalue weighted by atomic mass is 19.1. The van der Waals surface area contributed by atoms with Gasteiger partial charge >= 0.3 is 5.97 Å². The Labute approximate surface area is 149 Å². The lowest BCUT2D eigenvalue weighted by molar-refractivity contribution is 0.0474. The summed E-state index contributed by atoms with van der Waals surface area (Å²) in [5.41, 5.74) is 0.586. The molecule has 0 saturated carbocycles. The third-order valence-corrected chi connectivity index (χ3v) is 3.57. The van der Waals surface area contributed by atoms with Gasteiger partial charge in [-0.25, -0.2) is 9.18 Å². The van der Waals surface area contributed by atoms with Crippen molar-refractivity contribution in [3.05, 3.63) is 95.8 Å². The molecular formula is C21H15FO4. The highest BCUT2D eigenvalue weighted by molar-refractivity contribution is 5.99. The predicted octanol–water partition coefficient (Wildman–Crippen LogP) is 4.66. The average Bonchev–Trinajstić information content (AvgIpc) is 2.68. The molecule has 0 unspecified atom stereocenters. The zero-order valence-corrected chi connectivity index (χ0v) is 13.7. The predicted molar refractivity (Wildman–Crippen MR) is 94.0 cm³/mol. The Morgan fingerprint density at radius 2 is 1.31 bits per heavy atom. The van der Waals surface area contributed by atoms with Crippen LogP contribution < -0.4 is 4.74 Å². The molecule has 0 fully saturated rings. The molecule has 130 valence electrons. The summed E-state index contributed by atoms with van der Waals surface area (Å²) in [7, 11) is 0. The van der Waals surface area contributed by atoms with Crippen molar-refractivity contribution in [2.24, 2.45) is 0 Å². The van der Waals surface area contributed by atoms with E-state index in [-0.39, 0.29) is 5.56 Å². The second-order valence-electron chi connectivity index (χ2n) is 5.45. The molecule has 0 aromatic heterocycles. The van der Waals surface area contributed by atoms with Crippen molar-refractivity contribution in [3.63, 3.8) is 0 Å². The number of ketones is 1. The Bertz CT molecular complexity index is 888. The number of para-hydroxylation sites is 1. The fourth-order valence-electron chi connectivity index (χ4n) is 2.22. The van der Waals surface area contributed by atoms with Crippen LogP contribution in [0.3, 0.4) is 0 Å². The number of esters is 1. The zero-order chi connectivity index (χ0) is 18.4. The minimum absolute atomic E-state index is 0.283. The standard InChI is InChI=1S/C21H15FO4/c22-17-10-6-15(7-11-17)20(23)14-25-21(24)16-8-12-19(13-9-16)26-18-4-2-1-3-5-18/h1-13H,14H2. The van der Waals surface area contributed by atoms with E-state index in [9.17, 15) is 14.0 Å². The molecule has 0 N–H and O–H groups in total. The van der Waals surface area contributed by atoms with Crippen LogP contribution in [0, 0.1) is 5.82 Å². The van der Waals surface area contributed by atoms with E-state index in [2.05, 4.69) is 0 Å². The highest BCUT2D eigenvalue weighted by Gasteiger charge is 2.12. The van der Waals surface area contributed by atoms with Gasteiger partial charge in [0.2, 0.25) is 0 Å². The minimum Gasteiger partial charge on any atom is -0.457 e. The quantitative estimate of drug-likeness (QED) is 0.479. The van der Waals surface area contributed by atoms with Crippen LogP contribution in [-0.2, 0) is 4.74 Å². The van der Waals surface area contributed by atoms with E-state index in [1.807, 2.05) is 30.3 Å². The van der Waals surface area contributed by atoms with Gasteiger partial charge in [0.1, 0.15) is 17.3 Å². The molecule has 5 heteroatoms. The summed E-state index contributed by atoms with van der Waals surface area (Å²) in [6.07, 6.45) is 0. The molecule has 3 rings (SSSR count). The van der Waals surface area contributed by atoms with Gasteiger partial charge in [-0.1, -0.05) is 18.2 Å². The molecule has 3 aromatic rings. The molecular weight excluding hydrogens is 335 g/mol. The second kappa shape index (κ2) is 8.07. The largest absolute Gasteiger partial charge is 0.457 e. The summed E-state index contributed by atoms with van der Waals surface area (Å²) in [5, 5.41) is 0. The van der Waals surface area contributed by atoms with Crippen molar-refractivity contribution in [1.82, 2.24) is 0 Å². The first-order valence-corrected chi connectivity index (χ1v) is 7.91. The number of carbonyl (C=O) groups excluding carboxylic acids is 2. The van der Waals surface area contributed by atoms with E-state index in [1.54, 1.807) is 24.3 Å². The Morgan fingerprint density at radius 3 is 1.96 bits per heavy atom. The number of hydrogen-bond donors (Lipinski definition) is 0. The first-order chi connectivity index (χ1) is 12.6. The number of rotatable bonds is 6. The van der Waals surface area contributed by atoms with Crippen LogP contribution in [0.4, 0.5) is 4.39 Å². The third kappa shape index (κ3) is 4.54. The van der Waals surface area contributed by atoms with Crippen molar-refractivity contribution >= 4 is 11.8 Å². The van der Waals surface area contributed by atoms with E-state index < -0.39 is 24.2 Å². The lowest BCUT2D eigenvalue weighted by atomic mass is 10.1. The van der Waals surface area contributed by atoms with Crippen molar-refractivity contribution in [2.75, 3.05) is 6.61 Å². The SMILES string of the molecule is O=C(COC(=O)c1ccc(Oc2ccccc2)cc1)c1ccc(F)cc1. The maximum atomic E-state index is 12.8. The number of halogens is 1. The molecule has 0 spiro atoms. The average molecular weight is 350 g/mol. The van der Waals surface area contributed by atoms with Crippen LogP contribution in [0.5, 0.6) is 11.5 Å². The van der Waals surface area contributed by atoms with Gasteiger partial charge in [0.25, 0.3) is 0 Å². The molecule has 3 aromatic carbocycles. The molecule has 0 aliphatic heterocycles. The fraction of sp³-hybridized carbons (Fsp3) is 0.0476. The summed E-state index contributed by atoms with van der Waals surface area (Å²) >= 11 is 0. The van der Waals surface area contributed by atoms with Crippen molar-refractivity contribution in [3.8, 4) is 11.5 Å². The normalized spacial score (nSPS) is 10.2. The Hall–Kier alpha value is -3.47. The van der Waals surface area contributed by atoms with Gasteiger partial charge in [-0.05, 0) is 60.7 Å². The second-order valence-corrected chi connectivity index (χ2v) is 5.45. The summed E-state index contributed by atoms with van der Waals surface area (Å²) in [6.45, 7) is -0.410. The number of Topliss-reactive ketones (excluding diaryl/α,β-unsaturated/α-hetero) is 1. The molecule has 26 heavy (non-hydrogen) atoms. The molecule has 0 atom stereocenters. The van der Waals surface area contributed by atoms with Gasteiger partial charge in [-0.15, -0.1) is 0 Å². The topological polar surface area (TPSA) is 52.6 Å². The van der Waals surface area contributed by atoms with Crippen LogP contribution >= 0.6 is 0 Å². The maximum Gasteiger partial charge on any atom is 0.338 e. The first kappa shape index (κ1) is 17.4. The Morgan fingerprint density at radius 1 is 0.731 bits per heavy atom. The molecule has 0 aliphatic rings. The lowest BCUT2D eigenvalue weighted by Crippen LogP contribution is -2.14. The Balaban J connectivity index is 1.56. The molecule has 0 heterocycles. The van der Waals surface area contributed by atoms with Gasteiger partial charge in [-0.2, -0.15) is 0 Å². The van der Waals surface area contributed by atoms with Crippen LogP contribution in [0.15, 0.2) is 78.9 Å². The fourth-order valence-corrected chi connectivity index (χ4v) is 2.22. The van der Waals surface area contributed by atoms with Gasteiger partial charge in [0.05, 0.1) is 5.56 Å². The number of hydrogen-bond acceptors (Lipinski definition) is 4. The van der Waals surface area contributed by atoms with E-state index in [4.69, 9.17) is 9.47 Å². The zero-order valence-electron chi connectivity index (χ0n) is 13.7. The molecule has 0 radical (unpaired) electrons. The van der Waals surface area contributed by atoms with Crippen LogP contribution in [-0.4, -0.2) is 18.4 Å². The van der Waals surface area contributed by atoms with Crippen LogP contribution in [0.25, 0.3) is 0 Å². The van der Waals surface area contributed by atoms with Gasteiger partial charge in [0.15, 0.2) is 12.4 Å². The van der Waals surface area contributed by atoms with E-state index >= 15 is 0 Å².